The van der Waals surface area contributed by atoms with Crippen LogP contribution in [0.25, 0.3) is 0 Å². The highest BCUT2D eigenvalue weighted by Crippen LogP contribution is 2.33. The van der Waals surface area contributed by atoms with E-state index in [4.69, 9.17) is 0 Å². The van der Waals surface area contributed by atoms with Crippen molar-refractivity contribution < 1.29 is 8.42 Å². The number of rotatable bonds is 2. The molecular formula is C13H14N2O2S2. The molecule has 1 aromatic rings. The number of aryl methyl sites for hydroxylation is 1. The van der Waals surface area contributed by atoms with Gasteiger partial charge in [-0.3, -0.25) is 0 Å². The minimum Gasteiger partial charge on any atom is -0.325 e. The average Bonchev–Trinajstić information content (AvgIpc) is 2.69. The Labute approximate surface area is 117 Å². The summed E-state index contributed by atoms with van der Waals surface area (Å²) in [7, 11) is -3.25. The Balaban J connectivity index is 1.79. The van der Waals surface area contributed by atoms with Crippen LogP contribution in [-0.2, 0) is 16.4 Å². The summed E-state index contributed by atoms with van der Waals surface area (Å²) >= 11 is 1.46. The van der Waals surface area contributed by atoms with Crippen LogP contribution in [0.1, 0.15) is 11.1 Å². The number of hydrogen-bond acceptors (Lipinski definition) is 4. The molecule has 100 valence electrons. The van der Waals surface area contributed by atoms with Gasteiger partial charge in [-0.1, -0.05) is 41.6 Å². The van der Waals surface area contributed by atoms with E-state index in [9.17, 15) is 8.42 Å². The third kappa shape index (κ3) is 2.84. The fourth-order valence-electron chi connectivity index (χ4n) is 2.15. The average molecular weight is 294 g/mol. The molecule has 2 aliphatic heterocycles. The van der Waals surface area contributed by atoms with Crippen LogP contribution < -0.4 is 0 Å². The molecule has 4 nitrogen and oxygen atoms in total. The molecular weight excluding hydrogens is 280 g/mol. The molecule has 0 aromatic heterocycles. The summed E-state index contributed by atoms with van der Waals surface area (Å²) in [5.41, 5.74) is 2.47. The monoisotopic (exact) mass is 294 g/mol. The predicted octanol–water partition coefficient (Wildman–Crippen LogP) is 2.13. The van der Waals surface area contributed by atoms with E-state index >= 15 is 0 Å². The minimum absolute atomic E-state index is 0.102. The molecule has 3 rings (SSSR count). The summed E-state index contributed by atoms with van der Waals surface area (Å²) in [4.78, 5) is 3.07. The summed E-state index contributed by atoms with van der Waals surface area (Å²) in [5.74, 6) is 0.102. The van der Waals surface area contributed by atoms with Gasteiger partial charge in [-0.25, -0.2) is 8.42 Å². The topological polar surface area (TPSA) is 49.7 Å². The Morgan fingerprint density at radius 3 is 3.05 bits per heavy atom. The maximum atomic E-state index is 11.5. The Morgan fingerprint density at radius 2 is 2.26 bits per heavy atom. The van der Waals surface area contributed by atoms with Crippen LogP contribution >= 0.6 is 11.8 Å². The summed E-state index contributed by atoms with van der Waals surface area (Å²) in [6.07, 6.45) is 2.84. The number of fused-ring (bicyclic) bond motifs is 1. The number of nitrogens with zero attached hydrogens (tertiary/aromatic N) is 2. The van der Waals surface area contributed by atoms with Gasteiger partial charge in [0.15, 0.2) is 5.17 Å². The van der Waals surface area contributed by atoms with Gasteiger partial charge < -0.3 is 4.90 Å². The number of sulfonamides is 1. The van der Waals surface area contributed by atoms with Crippen molar-refractivity contribution in [2.24, 2.45) is 4.40 Å². The van der Waals surface area contributed by atoms with Crippen LogP contribution in [0.2, 0.25) is 0 Å². The molecule has 0 amide bonds. The second-order valence-corrected chi connectivity index (χ2v) is 7.56. The van der Waals surface area contributed by atoms with Gasteiger partial charge in [0, 0.05) is 24.1 Å². The predicted molar refractivity (Wildman–Crippen MR) is 78.5 cm³/mol. The molecule has 0 radical (unpaired) electrons. The van der Waals surface area contributed by atoms with Crippen molar-refractivity contribution in [1.82, 2.24) is 4.90 Å². The lowest BCUT2D eigenvalue weighted by Crippen LogP contribution is -2.31. The zero-order valence-corrected chi connectivity index (χ0v) is 12.2. The van der Waals surface area contributed by atoms with Gasteiger partial charge in [0.1, 0.15) is 0 Å². The lowest BCUT2D eigenvalue weighted by Gasteiger charge is -2.19. The van der Waals surface area contributed by atoms with Crippen molar-refractivity contribution >= 4 is 27.0 Å². The SMILES string of the molecule is Cc1cccc(CC2=CN3CCS(=O)(=O)N=C3S2)c1. The van der Waals surface area contributed by atoms with Crippen LogP contribution in [-0.4, -0.2) is 30.8 Å². The smallest absolute Gasteiger partial charge is 0.257 e. The lowest BCUT2D eigenvalue weighted by molar-refractivity contribution is 0.556. The van der Waals surface area contributed by atoms with E-state index in [1.54, 1.807) is 0 Å². The molecule has 0 atom stereocenters. The zero-order chi connectivity index (χ0) is 13.5. The summed E-state index contributed by atoms with van der Waals surface area (Å²) < 4.78 is 26.7. The van der Waals surface area contributed by atoms with E-state index in [0.717, 1.165) is 11.3 Å². The standard InChI is InChI=1S/C13H14N2O2S2/c1-10-3-2-4-11(7-10)8-12-9-15-5-6-19(16,17)14-13(15)18-12/h2-4,7,9H,5-6,8H2,1H3. The second kappa shape index (κ2) is 4.68. The van der Waals surface area contributed by atoms with Crippen molar-refractivity contribution in [2.45, 2.75) is 13.3 Å². The van der Waals surface area contributed by atoms with Gasteiger partial charge in [0.25, 0.3) is 10.0 Å². The maximum Gasteiger partial charge on any atom is 0.257 e. The molecule has 19 heavy (non-hydrogen) atoms. The summed E-state index contributed by atoms with van der Waals surface area (Å²) in [6.45, 7) is 2.57. The number of thioether (sulfide) groups is 1. The molecule has 6 heteroatoms. The van der Waals surface area contributed by atoms with Crippen molar-refractivity contribution in [3.8, 4) is 0 Å². The van der Waals surface area contributed by atoms with Crippen molar-refractivity contribution in [1.29, 1.82) is 0 Å². The molecule has 0 aliphatic carbocycles. The molecule has 0 saturated carbocycles. The molecule has 0 bridgehead atoms. The number of benzene rings is 1. The van der Waals surface area contributed by atoms with Crippen LogP contribution in [0, 0.1) is 6.92 Å². The highest BCUT2D eigenvalue weighted by molar-refractivity contribution is 8.18. The van der Waals surface area contributed by atoms with Crippen LogP contribution in [0.15, 0.2) is 39.8 Å². The third-order valence-corrected chi connectivity index (χ3v) is 5.32. The van der Waals surface area contributed by atoms with Gasteiger partial charge in [-0.2, -0.15) is 0 Å². The molecule has 0 unspecified atom stereocenters. The molecule has 2 aliphatic rings. The summed E-state index contributed by atoms with van der Waals surface area (Å²) in [5, 5.41) is 0.592. The third-order valence-electron chi connectivity index (χ3n) is 3.04. The molecule has 1 aromatic carbocycles. The number of amidine groups is 1. The van der Waals surface area contributed by atoms with Crippen LogP contribution in [0.3, 0.4) is 0 Å². The van der Waals surface area contributed by atoms with Crippen LogP contribution in [0.4, 0.5) is 0 Å². The van der Waals surface area contributed by atoms with E-state index < -0.39 is 10.0 Å². The second-order valence-electron chi connectivity index (χ2n) is 4.72. The molecule has 0 N–H and O–H groups in total. The van der Waals surface area contributed by atoms with Gasteiger partial charge in [-0.15, -0.1) is 4.40 Å². The van der Waals surface area contributed by atoms with Gasteiger partial charge in [0.2, 0.25) is 0 Å². The van der Waals surface area contributed by atoms with E-state index in [0.29, 0.717) is 11.7 Å². The maximum absolute atomic E-state index is 11.5. The fraction of sp³-hybridized carbons (Fsp3) is 0.308. The summed E-state index contributed by atoms with van der Waals surface area (Å²) in [6, 6.07) is 8.35. The zero-order valence-electron chi connectivity index (χ0n) is 10.5. The fourth-order valence-corrected chi connectivity index (χ4v) is 4.41. The van der Waals surface area contributed by atoms with E-state index in [-0.39, 0.29) is 5.75 Å². The van der Waals surface area contributed by atoms with Gasteiger partial charge in [-0.05, 0) is 12.5 Å². The minimum atomic E-state index is -3.25. The Morgan fingerprint density at radius 1 is 1.42 bits per heavy atom. The quantitative estimate of drug-likeness (QED) is 0.838. The first-order valence-corrected chi connectivity index (χ1v) is 8.48. The van der Waals surface area contributed by atoms with E-state index in [1.165, 1.54) is 22.9 Å². The van der Waals surface area contributed by atoms with Crippen molar-refractivity contribution in [3.05, 3.63) is 46.5 Å². The van der Waals surface area contributed by atoms with Gasteiger partial charge >= 0.3 is 0 Å². The molecule has 0 spiro atoms. The molecule has 2 heterocycles. The Bertz CT molecular complexity index is 678. The molecule has 0 fully saturated rings. The Kier molecular flexibility index (Phi) is 3.14. The van der Waals surface area contributed by atoms with Crippen molar-refractivity contribution in [3.63, 3.8) is 0 Å². The Hall–Kier alpha value is -1.27. The first kappa shape index (κ1) is 12.7. The first-order chi connectivity index (χ1) is 9.02. The number of allylic oxidation sites excluding steroid dienone is 1. The highest BCUT2D eigenvalue weighted by atomic mass is 32.2. The largest absolute Gasteiger partial charge is 0.325 e. The lowest BCUT2D eigenvalue weighted by atomic mass is 10.1. The van der Waals surface area contributed by atoms with E-state index in [1.807, 2.05) is 17.2 Å². The first-order valence-electron chi connectivity index (χ1n) is 6.05. The van der Waals surface area contributed by atoms with Crippen LogP contribution in [0.5, 0.6) is 0 Å². The van der Waals surface area contributed by atoms with Gasteiger partial charge in [0.05, 0.1) is 5.75 Å². The van der Waals surface area contributed by atoms with Crippen molar-refractivity contribution in [2.75, 3.05) is 12.3 Å². The van der Waals surface area contributed by atoms with E-state index in [2.05, 4.69) is 29.5 Å². The highest BCUT2D eigenvalue weighted by Gasteiger charge is 2.28. The molecule has 0 saturated heterocycles. The number of hydrogen-bond donors (Lipinski definition) is 0. The normalized spacial score (nSPS) is 20.8.